The van der Waals surface area contributed by atoms with E-state index >= 15 is 0 Å². The molecular weight excluding hydrogens is 444 g/mol. The van der Waals surface area contributed by atoms with Crippen molar-refractivity contribution < 1.29 is 4.79 Å². The van der Waals surface area contributed by atoms with Crippen LogP contribution in [0.5, 0.6) is 0 Å². The van der Waals surface area contributed by atoms with Crippen molar-refractivity contribution in [1.82, 2.24) is 9.97 Å². The van der Waals surface area contributed by atoms with Crippen LogP contribution in [0.15, 0.2) is 38.1 Å². The molecule has 0 spiro atoms. The van der Waals surface area contributed by atoms with E-state index in [-0.39, 0.29) is 5.91 Å². The third kappa shape index (κ3) is 3.52. The fourth-order valence-corrected chi connectivity index (χ4v) is 2.60. The number of amides is 1. The fraction of sp³-hybridized carbons (Fsp3) is 0. The number of hydrogen-bond acceptors (Lipinski definition) is 4. The topological polar surface area (TPSA) is 80.9 Å². The maximum atomic E-state index is 12.1. The molecule has 1 aromatic carbocycles. The zero-order chi connectivity index (χ0) is 14.0. The Labute approximate surface area is 134 Å². The number of nitrogens with one attached hydrogen (secondary N) is 1. The van der Waals surface area contributed by atoms with E-state index in [4.69, 9.17) is 5.73 Å². The third-order valence-corrected chi connectivity index (χ3v) is 3.62. The highest BCUT2D eigenvalue weighted by molar-refractivity contribution is 9.11. The smallest absolute Gasteiger partial charge is 0.259 e. The van der Waals surface area contributed by atoms with Gasteiger partial charge in [-0.25, -0.2) is 9.97 Å². The van der Waals surface area contributed by atoms with E-state index in [1.807, 2.05) is 0 Å². The number of nitrogens with zero attached hydrogens (tertiary/aromatic N) is 2. The highest BCUT2D eigenvalue weighted by atomic mass is 79.9. The number of hydrogen-bond donors (Lipinski definition) is 2. The largest absolute Gasteiger partial charge is 0.398 e. The average Bonchev–Trinajstić information content (AvgIpc) is 2.35. The Morgan fingerprint density at radius 1 is 1.26 bits per heavy atom. The van der Waals surface area contributed by atoms with E-state index in [9.17, 15) is 4.79 Å². The Balaban J connectivity index is 2.28. The van der Waals surface area contributed by atoms with Crippen molar-refractivity contribution in [2.75, 3.05) is 11.1 Å². The number of nitrogen functional groups attached to an aromatic ring is 1. The summed E-state index contributed by atoms with van der Waals surface area (Å²) in [6, 6.07) is 5.06. The first-order valence-electron chi connectivity index (χ1n) is 5.02. The number of halogens is 3. The maximum Gasteiger partial charge on any atom is 0.259 e. The van der Waals surface area contributed by atoms with E-state index in [0.717, 1.165) is 4.47 Å². The lowest BCUT2D eigenvalue weighted by molar-refractivity contribution is 0.102. The predicted octanol–water partition coefficient (Wildman–Crippen LogP) is 3.60. The van der Waals surface area contributed by atoms with Crippen LogP contribution in [0.25, 0.3) is 0 Å². The van der Waals surface area contributed by atoms with Crippen molar-refractivity contribution in [3.63, 3.8) is 0 Å². The molecule has 0 unspecified atom stereocenters. The molecule has 0 atom stereocenters. The van der Waals surface area contributed by atoms with E-state index in [1.54, 1.807) is 18.2 Å². The van der Waals surface area contributed by atoms with Crippen molar-refractivity contribution in [2.24, 2.45) is 0 Å². The van der Waals surface area contributed by atoms with Gasteiger partial charge in [0, 0.05) is 10.2 Å². The molecule has 0 radical (unpaired) electrons. The summed E-state index contributed by atoms with van der Waals surface area (Å²) in [6.07, 6.45) is 1.49. The summed E-state index contributed by atoms with van der Waals surface area (Å²) in [5.41, 5.74) is 6.53. The van der Waals surface area contributed by atoms with Crippen molar-refractivity contribution in [3.05, 3.63) is 43.6 Å². The molecule has 2 aromatic rings. The number of benzene rings is 1. The summed E-state index contributed by atoms with van der Waals surface area (Å²) in [4.78, 5) is 20.2. The van der Waals surface area contributed by atoms with Crippen LogP contribution in [0.1, 0.15) is 10.4 Å². The van der Waals surface area contributed by atoms with Gasteiger partial charge in [0.15, 0.2) is 5.82 Å². The van der Waals surface area contributed by atoms with E-state index < -0.39 is 0 Å². The number of anilines is 2. The molecule has 1 amide bonds. The van der Waals surface area contributed by atoms with Crippen molar-refractivity contribution >= 4 is 65.2 Å². The van der Waals surface area contributed by atoms with Crippen LogP contribution in [0.2, 0.25) is 0 Å². The summed E-state index contributed by atoms with van der Waals surface area (Å²) in [5.74, 6) is -0.0244. The minimum atomic E-state index is -0.351. The number of carbonyl (C=O) groups is 1. The molecule has 98 valence electrons. The van der Waals surface area contributed by atoms with Gasteiger partial charge in [-0.2, -0.15) is 0 Å². The Hall–Kier alpha value is -0.990. The van der Waals surface area contributed by atoms with Crippen LogP contribution in [0.4, 0.5) is 11.5 Å². The highest BCUT2D eigenvalue weighted by Gasteiger charge is 2.13. The summed E-state index contributed by atoms with van der Waals surface area (Å²) in [6.45, 7) is 0. The Morgan fingerprint density at radius 2 is 2.00 bits per heavy atom. The fourth-order valence-electron chi connectivity index (χ4n) is 1.33. The summed E-state index contributed by atoms with van der Waals surface area (Å²) >= 11 is 9.70. The lowest BCUT2D eigenvalue weighted by Crippen LogP contribution is -2.15. The van der Waals surface area contributed by atoms with Crippen molar-refractivity contribution in [2.45, 2.75) is 0 Å². The molecular formula is C11H7Br3N4O. The summed E-state index contributed by atoms with van der Waals surface area (Å²) in [5, 5.41) is 2.64. The van der Waals surface area contributed by atoms with Crippen LogP contribution in [0.3, 0.4) is 0 Å². The Kier molecular flexibility index (Phi) is 4.54. The number of rotatable bonds is 2. The number of nitrogens with two attached hydrogens (primary N) is 1. The standard InChI is InChI=1S/C11H7Br3N4O/c12-5-1-2-7(15)6(3-5)11(19)18-10-9(14)17-8(13)4-16-10/h1-4H,15H2,(H,16,18,19). The molecule has 0 saturated carbocycles. The lowest BCUT2D eigenvalue weighted by atomic mass is 10.1. The second-order valence-electron chi connectivity index (χ2n) is 3.52. The van der Waals surface area contributed by atoms with Crippen molar-refractivity contribution in [3.8, 4) is 0 Å². The van der Waals surface area contributed by atoms with Crippen LogP contribution >= 0.6 is 47.8 Å². The molecule has 0 bridgehead atoms. The zero-order valence-corrected chi connectivity index (χ0v) is 14.1. The maximum absolute atomic E-state index is 12.1. The van der Waals surface area contributed by atoms with E-state index in [0.29, 0.717) is 26.3 Å². The van der Waals surface area contributed by atoms with Gasteiger partial charge in [-0.05, 0) is 50.1 Å². The van der Waals surface area contributed by atoms with Gasteiger partial charge >= 0.3 is 0 Å². The molecule has 2 rings (SSSR count). The first-order chi connectivity index (χ1) is 8.97. The normalized spacial score (nSPS) is 10.3. The van der Waals surface area contributed by atoms with Gasteiger partial charge in [0.2, 0.25) is 0 Å². The summed E-state index contributed by atoms with van der Waals surface area (Å²) in [7, 11) is 0. The van der Waals surface area contributed by atoms with E-state index in [1.165, 1.54) is 6.20 Å². The monoisotopic (exact) mass is 448 g/mol. The molecule has 3 N–H and O–H groups in total. The van der Waals surface area contributed by atoms with Gasteiger partial charge in [-0.1, -0.05) is 15.9 Å². The molecule has 19 heavy (non-hydrogen) atoms. The number of carbonyl (C=O) groups excluding carboxylic acids is 1. The summed E-state index contributed by atoms with van der Waals surface area (Å²) < 4.78 is 1.77. The first-order valence-corrected chi connectivity index (χ1v) is 7.39. The molecule has 0 aliphatic rings. The quantitative estimate of drug-likeness (QED) is 0.685. The Bertz CT molecular complexity index is 648. The number of aromatic nitrogens is 2. The van der Waals surface area contributed by atoms with Gasteiger partial charge in [0.05, 0.1) is 11.8 Å². The van der Waals surface area contributed by atoms with Gasteiger partial charge in [0.1, 0.15) is 9.21 Å². The molecule has 0 aliphatic heterocycles. The van der Waals surface area contributed by atoms with E-state index in [2.05, 4.69) is 63.1 Å². The molecule has 5 nitrogen and oxygen atoms in total. The molecule has 8 heteroatoms. The molecule has 0 aliphatic carbocycles. The molecule has 0 saturated heterocycles. The van der Waals surface area contributed by atoms with Crippen LogP contribution in [0, 0.1) is 0 Å². The Morgan fingerprint density at radius 3 is 2.68 bits per heavy atom. The van der Waals surface area contributed by atoms with Crippen molar-refractivity contribution in [1.29, 1.82) is 0 Å². The molecule has 0 fully saturated rings. The van der Waals surface area contributed by atoms with Crippen LogP contribution < -0.4 is 11.1 Å². The predicted molar refractivity (Wildman–Crippen MR) is 83.9 cm³/mol. The van der Waals surface area contributed by atoms with Gasteiger partial charge < -0.3 is 11.1 Å². The molecule has 1 heterocycles. The van der Waals surface area contributed by atoms with Gasteiger partial charge in [-0.3, -0.25) is 4.79 Å². The average molecular weight is 451 g/mol. The highest BCUT2D eigenvalue weighted by Crippen LogP contribution is 2.22. The molecule has 1 aromatic heterocycles. The second kappa shape index (κ2) is 5.98. The third-order valence-electron chi connectivity index (χ3n) is 2.19. The van der Waals surface area contributed by atoms with Crippen LogP contribution in [-0.2, 0) is 0 Å². The SMILES string of the molecule is Nc1ccc(Br)cc1C(=O)Nc1ncc(Br)nc1Br. The van der Waals surface area contributed by atoms with Crippen LogP contribution in [-0.4, -0.2) is 15.9 Å². The van der Waals surface area contributed by atoms with Gasteiger partial charge in [0.25, 0.3) is 5.91 Å². The minimum Gasteiger partial charge on any atom is -0.398 e. The van der Waals surface area contributed by atoms with Gasteiger partial charge in [-0.15, -0.1) is 0 Å². The zero-order valence-electron chi connectivity index (χ0n) is 9.32. The lowest BCUT2D eigenvalue weighted by Gasteiger charge is -2.08. The second-order valence-corrected chi connectivity index (χ2v) is 6.00. The minimum absolute atomic E-state index is 0.326. The first kappa shape index (κ1) is 14.4.